The van der Waals surface area contributed by atoms with Crippen molar-refractivity contribution in [2.45, 2.75) is 20.3 Å². The molecule has 0 bridgehead atoms. The summed E-state index contributed by atoms with van der Waals surface area (Å²) in [7, 11) is 1.59. The Labute approximate surface area is 125 Å². The van der Waals surface area contributed by atoms with Gasteiger partial charge in [0, 0.05) is 31.4 Å². The third-order valence-corrected chi connectivity index (χ3v) is 3.78. The second-order valence-corrected chi connectivity index (χ2v) is 5.94. The van der Waals surface area contributed by atoms with Crippen molar-refractivity contribution in [3.8, 4) is 0 Å². The molecule has 0 aromatic heterocycles. The predicted octanol–water partition coefficient (Wildman–Crippen LogP) is 2.56. The van der Waals surface area contributed by atoms with Gasteiger partial charge < -0.3 is 15.5 Å². The molecule has 1 aliphatic rings. The number of hydrogen-bond donors (Lipinski definition) is 2. The van der Waals surface area contributed by atoms with Crippen molar-refractivity contribution >= 4 is 17.6 Å². The van der Waals surface area contributed by atoms with E-state index in [0.717, 1.165) is 13.1 Å². The molecule has 1 saturated heterocycles. The van der Waals surface area contributed by atoms with Gasteiger partial charge in [0.2, 0.25) is 0 Å². The minimum atomic E-state index is -0.133. The first-order valence-corrected chi connectivity index (χ1v) is 7.37. The average Bonchev–Trinajstić information content (AvgIpc) is 2.46. The van der Waals surface area contributed by atoms with Crippen LogP contribution in [0.2, 0.25) is 0 Å². The summed E-state index contributed by atoms with van der Waals surface area (Å²) in [6.45, 7) is 5.95. The lowest BCUT2D eigenvalue weighted by Gasteiger charge is -2.34. The van der Waals surface area contributed by atoms with Gasteiger partial charge in [-0.2, -0.15) is 0 Å². The highest BCUT2D eigenvalue weighted by molar-refractivity contribution is 5.95. The Hall–Kier alpha value is -2.04. The monoisotopic (exact) mass is 289 g/mol. The van der Waals surface area contributed by atoms with Crippen LogP contribution in [-0.4, -0.2) is 37.0 Å². The highest BCUT2D eigenvalue weighted by atomic mass is 16.2. The number of nitrogens with one attached hydrogen (secondary N) is 2. The lowest BCUT2D eigenvalue weighted by Crippen LogP contribution is -2.44. The van der Waals surface area contributed by atoms with Crippen molar-refractivity contribution in [3.05, 3.63) is 29.8 Å². The van der Waals surface area contributed by atoms with Crippen molar-refractivity contribution in [2.75, 3.05) is 25.5 Å². The standard InChI is InChI=1S/C16H23N3O2/c1-11-8-12(2)10-19(9-11)16(21)18-14-6-4-13(5-7-14)15(20)17-3/h4-7,11-12H,8-10H2,1-3H3,(H,17,20)(H,18,21)/t11-,12-/m1/s1. The average molecular weight is 289 g/mol. The number of anilines is 1. The van der Waals surface area contributed by atoms with Crippen LogP contribution in [0, 0.1) is 11.8 Å². The van der Waals surface area contributed by atoms with Crippen LogP contribution in [0.4, 0.5) is 10.5 Å². The number of benzene rings is 1. The van der Waals surface area contributed by atoms with Crippen molar-refractivity contribution in [3.63, 3.8) is 0 Å². The van der Waals surface area contributed by atoms with Crippen LogP contribution in [0.3, 0.4) is 0 Å². The number of likely N-dealkylation sites (tertiary alicyclic amines) is 1. The Morgan fingerprint density at radius 1 is 1.10 bits per heavy atom. The predicted molar refractivity (Wildman–Crippen MR) is 83.4 cm³/mol. The van der Waals surface area contributed by atoms with E-state index in [9.17, 15) is 9.59 Å². The molecule has 0 saturated carbocycles. The second-order valence-electron chi connectivity index (χ2n) is 5.94. The van der Waals surface area contributed by atoms with Gasteiger partial charge in [0.05, 0.1) is 0 Å². The molecule has 1 aromatic rings. The first-order chi connectivity index (χ1) is 9.99. The molecule has 0 spiro atoms. The van der Waals surface area contributed by atoms with Crippen molar-refractivity contribution in [2.24, 2.45) is 11.8 Å². The van der Waals surface area contributed by atoms with Crippen LogP contribution >= 0.6 is 0 Å². The van der Waals surface area contributed by atoms with Gasteiger partial charge in [-0.25, -0.2) is 4.79 Å². The van der Waals surface area contributed by atoms with Crippen LogP contribution in [0.5, 0.6) is 0 Å². The van der Waals surface area contributed by atoms with Gasteiger partial charge in [0.1, 0.15) is 0 Å². The summed E-state index contributed by atoms with van der Waals surface area (Å²) in [4.78, 5) is 25.6. The van der Waals surface area contributed by atoms with Gasteiger partial charge in [-0.1, -0.05) is 13.8 Å². The Morgan fingerprint density at radius 2 is 1.67 bits per heavy atom. The van der Waals surface area contributed by atoms with E-state index < -0.39 is 0 Å². The van der Waals surface area contributed by atoms with Gasteiger partial charge in [-0.3, -0.25) is 4.79 Å². The summed E-state index contributed by atoms with van der Waals surface area (Å²) >= 11 is 0. The number of hydrogen-bond acceptors (Lipinski definition) is 2. The van der Waals surface area contributed by atoms with Gasteiger partial charge >= 0.3 is 6.03 Å². The number of rotatable bonds is 2. The van der Waals surface area contributed by atoms with E-state index in [1.165, 1.54) is 6.42 Å². The molecule has 5 heteroatoms. The summed E-state index contributed by atoms with van der Waals surface area (Å²) < 4.78 is 0. The SMILES string of the molecule is CNC(=O)c1ccc(NC(=O)N2C[C@H](C)C[C@@H](C)C2)cc1. The lowest BCUT2D eigenvalue weighted by atomic mass is 9.92. The summed E-state index contributed by atoms with van der Waals surface area (Å²) in [6, 6.07) is 6.84. The number of nitrogens with zero attached hydrogens (tertiary/aromatic N) is 1. The fourth-order valence-electron chi connectivity index (χ4n) is 2.88. The first-order valence-electron chi connectivity index (χ1n) is 7.37. The number of carbonyl (C=O) groups excluding carboxylic acids is 2. The minimum Gasteiger partial charge on any atom is -0.355 e. The van der Waals surface area contributed by atoms with Crippen LogP contribution in [0.1, 0.15) is 30.6 Å². The molecule has 5 nitrogen and oxygen atoms in total. The molecule has 3 amide bonds. The Balaban J connectivity index is 1.97. The smallest absolute Gasteiger partial charge is 0.321 e. The largest absolute Gasteiger partial charge is 0.355 e. The zero-order valence-electron chi connectivity index (χ0n) is 12.8. The molecule has 1 aromatic carbocycles. The van der Waals surface area contributed by atoms with Crippen molar-refractivity contribution in [1.29, 1.82) is 0 Å². The maximum atomic E-state index is 12.3. The first kappa shape index (κ1) is 15.4. The van der Waals surface area contributed by atoms with Crippen molar-refractivity contribution in [1.82, 2.24) is 10.2 Å². The third-order valence-electron chi connectivity index (χ3n) is 3.78. The van der Waals surface area contributed by atoms with E-state index in [0.29, 0.717) is 23.1 Å². The lowest BCUT2D eigenvalue weighted by molar-refractivity contribution is 0.0963. The van der Waals surface area contributed by atoms with E-state index in [2.05, 4.69) is 24.5 Å². The van der Waals surface area contributed by atoms with Crippen LogP contribution in [-0.2, 0) is 0 Å². The van der Waals surface area contributed by atoms with E-state index in [-0.39, 0.29) is 11.9 Å². The molecule has 0 unspecified atom stereocenters. The number of amides is 3. The van der Waals surface area contributed by atoms with Crippen LogP contribution in [0.15, 0.2) is 24.3 Å². The topological polar surface area (TPSA) is 61.4 Å². The minimum absolute atomic E-state index is 0.0684. The third kappa shape index (κ3) is 3.97. The highest BCUT2D eigenvalue weighted by Gasteiger charge is 2.25. The quantitative estimate of drug-likeness (QED) is 0.879. The normalized spacial score (nSPS) is 21.8. The molecule has 1 aliphatic heterocycles. The summed E-state index contributed by atoms with van der Waals surface area (Å²) in [6.07, 6.45) is 1.17. The summed E-state index contributed by atoms with van der Waals surface area (Å²) in [5.74, 6) is 0.941. The molecule has 2 N–H and O–H groups in total. The molecular weight excluding hydrogens is 266 g/mol. The Morgan fingerprint density at radius 3 is 2.19 bits per heavy atom. The summed E-state index contributed by atoms with van der Waals surface area (Å²) in [5, 5.41) is 5.46. The van der Waals surface area contributed by atoms with E-state index in [4.69, 9.17) is 0 Å². The molecule has 114 valence electrons. The Bertz CT molecular complexity index is 503. The Kier molecular flexibility index (Phi) is 4.83. The zero-order valence-corrected chi connectivity index (χ0v) is 12.8. The van der Waals surface area contributed by atoms with E-state index in [1.807, 2.05) is 4.90 Å². The highest BCUT2D eigenvalue weighted by Crippen LogP contribution is 2.21. The van der Waals surface area contributed by atoms with E-state index >= 15 is 0 Å². The second kappa shape index (κ2) is 6.61. The fraction of sp³-hybridized carbons (Fsp3) is 0.500. The van der Waals surface area contributed by atoms with Gasteiger partial charge in [-0.15, -0.1) is 0 Å². The maximum absolute atomic E-state index is 12.3. The van der Waals surface area contributed by atoms with Gasteiger partial charge in [0.15, 0.2) is 0 Å². The van der Waals surface area contributed by atoms with Crippen molar-refractivity contribution < 1.29 is 9.59 Å². The molecule has 1 heterocycles. The molecule has 0 aliphatic carbocycles. The zero-order chi connectivity index (χ0) is 15.4. The number of carbonyl (C=O) groups is 2. The molecular formula is C16H23N3O2. The van der Waals surface area contributed by atoms with Crippen LogP contribution < -0.4 is 10.6 Å². The summed E-state index contributed by atoms with van der Waals surface area (Å²) in [5.41, 5.74) is 1.29. The number of piperidine rings is 1. The van der Waals surface area contributed by atoms with Gasteiger partial charge in [0.25, 0.3) is 5.91 Å². The number of urea groups is 1. The maximum Gasteiger partial charge on any atom is 0.321 e. The molecule has 2 rings (SSSR count). The van der Waals surface area contributed by atoms with Gasteiger partial charge in [-0.05, 0) is 42.5 Å². The van der Waals surface area contributed by atoms with E-state index in [1.54, 1.807) is 31.3 Å². The molecule has 21 heavy (non-hydrogen) atoms. The van der Waals surface area contributed by atoms with Crippen LogP contribution in [0.25, 0.3) is 0 Å². The fourth-order valence-corrected chi connectivity index (χ4v) is 2.88. The molecule has 0 radical (unpaired) electrons. The molecule has 1 fully saturated rings. The molecule has 2 atom stereocenters.